The van der Waals surface area contributed by atoms with Gasteiger partial charge in [0.15, 0.2) is 10.5 Å². The number of carboxylic acid groups (broad SMARTS) is 1. The van der Waals surface area contributed by atoms with Crippen molar-refractivity contribution in [3.63, 3.8) is 0 Å². The van der Waals surface area contributed by atoms with E-state index in [0.717, 1.165) is 16.7 Å². The molecule has 10 N–H and O–H groups in total. The molecule has 5 aromatic rings. The van der Waals surface area contributed by atoms with E-state index >= 15 is 0 Å². The van der Waals surface area contributed by atoms with Crippen LogP contribution in [0.4, 0.5) is 5.69 Å². The van der Waals surface area contributed by atoms with Crippen LogP contribution in [0.5, 0.6) is 11.5 Å². The molecule has 2 aliphatic heterocycles. The van der Waals surface area contributed by atoms with Gasteiger partial charge in [0.05, 0.1) is 11.6 Å². The number of amides is 4. The fourth-order valence-electron chi connectivity index (χ4n) is 9.45. The third-order valence-corrected chi connectivity index (χ3v) is 13.5. The Labute approximate surface area is 443 Å². The van der Waals surface area contributed by atoms with Gasteiger partial charge in [0.2, 0.25) is 23.6 Å². The maximum Gasteiger partial charge on any atom is 0.336 e. The monoisotopic (exact) mass is 1050 g/mol. The molecule has 3 aliphatic rings. The van der Waals surface area contributed by atoms with Gasteiger partial charge in [0, 0.05) is 66.8 Å². The van der Waals surface area contributed by atoms with Crippen LogP contribution in [0.25, 0.3) is 33.4 Å². The average molecular weight is 1050 g/mol. The number of phenolic OH excluding ortho intramolecular Hbond substituents is 2. The lowest BCUT2D eigenvalue weighted by Crippen LogP contribution is -2.58. The fraction of sp³-hybridized carbons (Fsp3) is 0.259. The Morgan fingerprint density at radius 1 is 0.684 bits per heavy atom. The molecule has 76 heavy (non-hydrogen) atoms. The first-order chi connectivity index (χ1) is 36.7. The highest BCUT2D eigenvalue weighted by Crippen LogP contribution is 2.42. The summed E-state index contributed by atoms with van der Waals surface area (Å²) in [5.74, 6) is -2.75. The molecule has 1 aliphatic carbocycles. The van der Waals surface area contributed by atoms with Crippen LogP contribution in [0, 0.1) is 0 Å². The van der Waals surface area contributed by atoms with Gasteiger partial charge in [0.1, 0.15) is 41.0 Å². The van der Waals surface area contributed by atoms with Crippen LogP contribution in [-0.2, 0) is 38.4 Å². The number of phenols is 2. The van der Waals surface area contributed by atoms with Crippen molar-refractivity contribution in [1.29, 1.82) is 0 Å². The van der Waals surface area contributed by atoms with Crippen molar-refractivity contribution in [2.75, 3.05) is 25.0 Å². The third kappa shape index (κ3) is 13.8. The van der Waals surface area contributed by atoms with E-state index in [1.807, 2.05) is 60.7 Å². The molecule has 4 atom stereocenters. The SMILES string of the molecule is N[C@@H](Cc1ccc(O)cc1)C(=O)N1CCC[C@H]1C(=O)N[C@@H](Cc1ccccc1)C(=O)N[C@@H](Cc1ccccc1)C(=O)NCCCCCNC(=S)Nc1ccc(-c2c3ccc(=O)cc-3oc3cc(O)ccc23)c(C(=O)O)c1. The predicted molar refractivity (Wildman–Crippen MR) is 293 cm³/mol. The van der Waals surface area contributed by atoms with Crippen molar-refractivity contribution in [2.24, 2.45) is 5.73 Å². The molecule has 0 radical (unpaired) electrons. The lowest BCUT2D eigenvalue weighted by atomic mass is 9.90. The molecule has 0 unspecified atom stereocenters. The summed E-state index contributed by atoms with van der Waals surface area (Å²) >= 11 is 5.55. The van der Waals surface area contributed by atoms with Gasteiger partial charge in [-0.15, -0.1) is 0 Å². The highest BCUT2D eigenvalue weighted by molar-refractivity contribution is 7.80. The summed E-state index contributed by atoms with van der Waals surface area (Å²) in [6, 6.07) is 34.7. The number of thiocarbonyl (C=S) groups is 1. The number of hydrogen-bond donors (Lipinski definition) is 9. The highest BCUT2D eigenvalue weighted by Gasteiger charge is 2.38. The summed E-state index contributed by atoms with van der Waals surface area (Å²) in [4.78, 5) is 82.3. The van der Waals surface area contributed by atoms with Crippen molar-refractivity contribution in [1.82, 2.24) is 26.2 Å². The van der Waals surface area contributed by atoms with Gasteiger partial charge < -0.3 is 57.0 Å². The lowest BCUT2D eigenvalue weighted by Gasteiger charge is -2.29. The Bertz CT molecular complexity index is 3250. The number of aromatic hydroxyl groups is 2. The number of nitrogens with zero attached hydrogens (tertiary/aromatic N) is 1. The molecule has 0 saturated carbocycles. The first-order valence-corrected chi connectivity index (χ1v) is 25.5. The van der Waals surface area contributed by atoms with E-state index in [2.05, 4.69) is 26.6 Å². The Kier molecular flexibility index (Phi) is 17.7. The number of rotatable bonds is 21. The number of unbranched alkanes of at least 4 members (excludes halogenated alkanes) is 2. The minimum atomic E-state index is -1.19. The van der Waals surface area contributed by atoms with E-state index in [-0.39, 0.29) is 64.1 Å². The zero-order valence-corrected chi connectivity index (χ0v) is 42.3. The maximum atomic E-state index is 14.3. The average Bonchev–Trinajstić information content (AvgIpc) is 3.93. The molecule has 8 rings (SSSR count). The Balaban J connectivity index is 0.850. The van der Waals surface area contributed by atoms with Gasteiger partial charge in [-0.1, -0.05) is 78.9 Å². The minimum absolute atomic E-state index is 0.0292. The summed E-state index contributed by atoms with van der Waals surface area (Å²) in [5.41, 5.74) is 10.5. The van der Waals surface area contributed by atoms with E-state index in [1.165, 1.54) is 47.4 Å². The van der Waals surface area contributed by atoms with Gasteiger partial charge >= 0.3 is 5.97 Å². The molecule has 1 fully saturated rings. The van der Waals surface area contributed by atoms with Gasteiger partial charge in [-0.05, 0) is 122 Å². The molecule has 0 bridgehead atoms. The molecule has 2 heterocycles. The summed E-state index contributed by atoms with van der Waals surface area (Å²) < 4.78 is 5.93. The molecular weight excluding hydrogens is 987 g/mol. The molecule has 392 valence electrons. The van der Waals surface area contributed by atoms with E-state index < -0.39 is 47.9 Å². The number of anilines is 1. The minimum Gasteiger partial charge on any atom is -0.508 e. The standard InChI is InChI=1S/C58H59N7O10S/c59-46(29-37-16-19-39(66)20-17-37)56(72)65-28-10-15-49(65)55(71)64-48(31-36-13-6-2-7-14-36)54(70)63-47(30-35-11-4-1-5-12-35)53(69)60-26-8-3-9-27-61-58(76)62-38-18-23-42(45(32-38)57(73)74)52-43-24-21-40(67)33-50(43)75-51-34-41(68)22-25-44(51)52/h1-2,4-7,11-14,16-25,32-34,46-49,66-67H,3,8-10,15,26-31,59H2,(H,60,69)(H,63,70)(H,64,71)(H,73,74)(H2,61,62,76)/t46-,47-,48-,49-/m0/s1. The van der Waals surface area contributed by atoms with Crippen LogP contribution in [0.1, 0.15) is 59.2 Å². The topological polar surface area (TPSA) is 266 Å². The van der Waals surface area contributed by atoms with Crippen molar-refractivity contribution in [3.8, 4) is 33.9 Å². The van der Waals surface area contributed by atoms with Crippen molar-refractivity contribution in [2.45, 2.75) is 75.5 Å². The molecule has 17 nitrogen and oxygen atoms in total. The Hall–Kier alpha value is -8.61. The second-order valence-electron chi connectivity index (χ2n) is 18.8. The van der Waals surface area contributed by atoms with Gasteiger partial charge in [-0.3, -0.25) is 24.0 Å². The molecule has 0 spiro atoms. The number of fused-ring (bicyclic) bond motifs is 2. The maximum absolute atomic E-state index is 14.3. The third-order valence-electron chi connectivity index (χ3n) is 13.3. The predicted octanol–water partition coefficient (Wildman–Crippen LogP) is 6.26. The second kappa shape index (κ2) is 25.1. The number of benzene rings is 6. The molecule has 4 amide bonds. The molecule has 1 saturated heterocycles. The fourth-order valence-corrected chi connectivity index (χ4v) is 9.67. The van der Waals surface area contributed by atoms with Crippen molar-refractivity contribution in [3.05, 3.63) is 172 Å². The Morgan fingerprint density at radius 3 is 2.00 bits per heavy atom. The van der Waals surface area contributed by atoms with E-state index in [9.17, 15) is 44.1 Å². The number of hydrogen-bond acceptors (Lipinski definition) is 11. The quantitative estimate of drug-likeness (QED) is 0.0219. The van der Waals surface area contributed by atoms with Gasteiger partial charge in [0.25, 0.3) is 0 Å². The lowest BCUT2D eigenvalue weighted by molar-refractivity contribution is -0.140. The van der Waals surface area contributed by atoms with Crippen LogP contribution < -0.4 is 37.7 Å². The molecule has 5 aromatic carbocycles. The van der Waals surface area contributed by atoms with Crippen LogP contribution in [0.15, 0.2) is 149 Å². The summed E-state index contributed by atoms with van der Waals surface area (Å²) in [5, 5.41) is 46.0. The number of carbonyl (C=O) groups excluding carboxylic acids is 4. The van der Waals surface area contributed by atoms with E-state index in [4.69, 9.17) is 22.4 Å². The molecule has 18 heteroatoms. The number of likely N-dealkylation sites (tertiary alicyclic amines) is 1. The van der Waals surface area contributed by atoms with Crippen molar-refractivity contribution < 1.29 is 43.7 Å². The van der Waals surface area contributed by atoms with Crippen LogP contribution in [0.2, 0.25) is 0 Å². The molecular formula is C58H59N7O10S. The summed E-state index contributed by atoms with van der Waals surface area (Å²) in [6.07, 6.45) is 3.47. The number of carbonyl (C=O) groups is 5. The molecule has 0 aromatic heterocycles. The highest BCUT2D eigenvalue weighted by atomic mass is 32.1. The van der Waals surface area contributed by atoms with Crippen molar-refractivity contribution >= 4 is 63.6 Å². The number of aromatic carboxylic acids is 1. The zero-order chi connectivity index (χ0) is 53.7. The van der Waals surface area contributed by atoms with E-state index in [1.54, 1.807) is 36.4 Å². The largest absolute Gasteiger partial charge is 0.508 e. The number of nitrogens with one attached hydrogen (secondary N) is 5. The first-order valence-electron chi connectivity index (χ1n) is 25.1. The smallest absolute Gasteiger partial charge is 0.336 e. The van der Waals surface area contributed by atoms with Gasteiger partial charge in [-0.25, -0.2) is 4.79 Å². The van der Waals surface area contributed by atoms with E-state index in [0.29, 0.717) is 79.5 Å². The number of carboxylic acids is 1. The van der Waals surface area contributed by atoms with Crippen LogP contribution in [-0.4, -0.2) is 98.7 Å². The number of nitrogens with two attached hydrogens (primary N) is 1. The van der Waals surface area contributed by atoms with Crippen LogP contribution in [0.3, 0.4) is 0 Å². The van der Waals surface area contributed by atoms with Gasteiger partial charge in [-0.2, -0.15) is 0 Å². The first kappa shape index (κ1) is 53.7. The Morgan fingerprint density at radius 2 is 1.32 bits per heavy atom. The van der Waals surface area contributed by atoms with Crippen LogP contribution >= 0.6 is 12.2 Å². The summed E-state index contributed by atoms with van der Waals surface area (Å²) in [6.45, 7) is 1.12. The summed E-state index contributed by atoms with van der Waals surface area (Å²) in [7, 11) is 0. The normalized spacial score (nSPS) is 14.3. The zero-order valence-electron chi connectivity index (χ0n) is 41.5. The second-order valence-corrected chi connectivity index (χ2v) is 19.2.